The number of ether oxygens (including phenoxy) is 1. The molecule has 4 heteroatoms. The predicted octanol–water partition coefficient (Wildman–Crippen LogP) is 3.52. The molecule has 1 heterocycles. The van der Waals surface area contributed by atoms with Crippen molar-refractivity contribution < 1.29 is 9.84 Å². The number of benzene rings is 1. The van der Waals surface area contributed by atoms with Crippen LogP contribution in [0.5, 0.6) is 5.75 Å². The lowest BCUT2D eigenvalue weighted by atomic mass is 9.98. The van der Waals surface area contributed by atoms with Crippen molar-refractivity contribution in [2.45, 2.75) is 44.0 Å². The van der Waals surface area contributed by atoms with Gasteiger partial charge in [0.25, 0.3) is 0 Å². The molecule has 1 saturated heterocycles. The van der Waals surface area contributed by atoms with Crippen molar-refractivity contribution in [3.05, 3.63) is 29.3 Å². The van der Waals surface area contributed by atoms with Crippen LogP contribution in [-0.4, -0.2) is 42.9 Å². The van der Waals surface area contributed by atoms with Crippen LogP contribution in [0.15, 0.2) is 18.2 Å². The fourth-order valence-electron chi connectivity index (χ4n) is 3.18. The molecule has 1 N–H and O–H groups in total. The van der Waals surface area contributed by atoms with Crippen LogP contribution in [0.2, 0.25) is 0 Å². The Morgan fingerprint density at radius 3 is 2.90 bits per heavy atom. The highest BCUT2D eigenvalue weighted by Gasteiger charge is 2.24. The first-order valence-electron chi connectivity index (χ1n) is 7.79. The van der Waals surface area contributed by atoms with E-state index in [1.807, 2.05) is 13.0 Å². The topological polar surface area (TPSA) is 32.7 Å². The Balaban J connectivity index is 2.02. The normalized spacial score (nSPS) is 21.2. The maximum atomic E-state index is 9.21. The number of halogens is 1. The van der Waals surface area contributed by atoms with Crippen LogP contribution in [0.25, 0.3) is 0 Å². The number of methoxy groups -OCH3 is 1. The molecule has 1 aliphatic heterocycles. The van der Waals surface area contributed by atoms with Crippen LogP contribution in [0.1, 0.15) is 42.2 Å². The summed E-state index contributed by atoms with van der Waals surface area (Å²) in [6, 6.07) is 6.63. The molecule has 1 aromatic carbocycles. The number of aryl methyl sites for hydroxylation is 1. The first kappa shape index (κ1) is 16.6. The third-order valence-corrected chi connectivity index (χ3v) is 4.78. The summed E-state index contributed by atoms with van der Waals surface area (Å²) in [5, 5.41) is 9.19. The minimum Gasteiger partial charge on any atom is -0.496 e. The lowest BCUT2D eigenvalue weighted by Gasteiger charge is -2.36. The summed E-state index contributed by atoms with van der Waals surface area (Å²) in [6.07, 6.45) is 4.51. The highest BCUT2D eigenvalue weighted by atomic mass is 35.5. The Bertz CT molecular complexity index is 450. The van der Waals surface area contributed by atoms with Gasteiger partial charge in [-0.25, -0.2) is 0 Å². The number of hydrogen-bond acceptors (Lipinski definition) is 3. The number of piperidine rings is 1. The van der Waals surface area contributed by atoms with Crippen LogP contribution < -0.4 is 4.74 Å². The van der Waals surface area contributed by atoms with E-state index in [2.05, 4.69) is 17.0 Å². The fraction of sp³-hybridized carbons (Fsp3) is 0.647. The van der Waals surface area contributed by atoms with Gasteiger partial charge in [-0.15, -0.1) is 11.6 Å². The van der Waals surface area contributed by atoms with E-state index in [4.69, 9.17) is 16.3 Å². The molecular formula is C17H26ClNO2. The largest absolute Gasteiger partial charge is 0.496 e. The van der Waals surface area contributed by atoms with Gasteiger partial charge in [0.1, 0.15) is 5.75 Å². The summed E-state index contributed by atoms with van der Waals surface area (Å²) >= 11 is 6.63. The van der Waals surface area contributed by atoms with Gasteiger partial charge in [-0.05, 0) is 49.9 Å². The van der Waals surface area contributed by atoms with E-state index < -0.39 is 0 Å². The Hall–Kier alpha value is -0.770. The molecule has 1 fully saturated rings. The number of aliphatic hydroxyl groups is 1. The molecule has 1 aromatic rings. The number of nitrogens with zero attached hydrogens (tertiary/aromatic N) is 1. The highest BCUT2D eigenvalue weighted by molar-refractivity contribution is 6.21. The second-order valence-corrected chi connectivity index (χ2v) is 6.38. The van der Waals surface area contributed by atoms with Gasteiger partial charge in [-0.2, -0.15) is 0 Å². The van der Waals surface area contributed by atoms with Crippen LogP contribution in [0.4, 0.5) is 0 Å². The lowest BCUT2D eigenvalue weighted by molar-refractivity contribution is 0.119. The molecule has 0 saturated carbocycles. The minimum atomic E-state index is -0.0195. The Labute approximate surface area is 132 Å². The third kappa shape index (κ3) is 4.35. The van der Waals surface area contributed by atoms with Crippen LogP contribution in [0, 0.1) is 6.92 Å². The van der Waals surface area contributed by atoms with Crippen molar-refractivity contribution in [3.8, 4) is 5.75 Å². The van der Waals surface area contributed by atoms with E-state index in [1.54, 1.807) is 7.11 Å². The number of hydrogen-bond donors (Lipinski definition) is 1. The van der Waals surface area contributed by atoms with Gasteiger partial charge in [0.15, 0.2) is 0 Å². The molecule has 1 aliphatic rings. The average Bonchev–Trinajstić information content (AvgIpc) is 2.49. The minimum absolute atomic E-state index is 0.0195. The van der Waals surface area contributed by atoms with Crippen molar-refractivity contribution in [2.75, 3.05) is 26.8 Å². The molecule has 2 rings (SSSR count). The molecule has 2 atom stereocenters. The monoisotopic (exact) mass is 311 g/mol. The SMILES string of the molecule is COc1ccc(C(Cl)CN2CCCCC2CCO)cc1C. The number of aliphatic hydroxyl groups excluding tert-OH is 1. The Kier molecular flexibility index (Phi) is 6.34. The standard InChI is InChI=1S/C17H26ClNO2/c1-13-11-14(6-7-17(13)21-2)16(18)12-19-9-4-3-5-15(19)8-10-20/h6-7,11,15-16,20H,3-5,8-10,12H2,1-2H3. The van der Waals surface area contributed by atoms with Crippen LogP contribution in [-0.2, 0) is 0 Å². The molecule has 0 aliphatic carbocycles. The van der Waals surface area contributed by atoms with Gasteiger partial charge in [-0.3, -0.25) is 4.90 Å². The van der Waals surface area contributed by atoms with Crippen molar-refractivity contribution in [1.29, 1.82) is 0 Å². The molecule has 2 unspecified atom stereocenters. The summed E-state index contributed by atoms with van der Waals surface area (Å²) in [6.45, 7) is 4.23. The summed E-state index contributed by atoms with van der Waals surface area (Å²) in [5.74, 6) is 0.902. The van der Waals surface area contributed by atoms with Gasteiger partial charge < -0.3 is 9.84 Å². The highest BCUT2D eigenvalue weighted by Crippen LogP contribution is 2.29. The maximum absolute atomic E-state index is 9.21. The van der Waals surface area contributed by atoms with Gasteiger partial charge in [0.05, 0.1) is 12.5 Å². The fourth-order valence-corrected chi connectivity index (χ4v) is 3.50. The van der Waals surface area contributed by atoms with Gasteiger partial charge in [0.2, 0.25) is 0 Å². The van der Waals surface area contributed by atoms with Crippen LogP contribution in [0.3, 0.4) is 0 Å². The van der Waals surface area contributed by atoms with Crippen molar-refractivity contribution >= 4 is 11.6 Å². The van der Waals surface area contributed by atoms with E-state index in [-0.39, 0.29) is 12.0 Å². The second kappa shape index (κ2) is 8.02. The Morgan fingerprint density at radius 1 is 1.43 bits per heavy atom. The van der Waals surface area contributed by atoms with Crippen LogP contribution >= 0.6 is 11.6 Å². The second-order valence-electron chi connectivity index (χ2n) is 5.85. The molecule has 0 aromatic heterocycles. The summed E-state index contributed by atoms with van der Waals surface area (Å²) in [4.78, 5) is 2.44. The average molecular weight is 312 g/mol. The number of likely N-dealkylation sites (tertiary alicyclic amines) is 1. The molecule has 3 nitrogen and oxygen atoms in total. The van der Waals surface area contributed by atoms with Crippen molar-refractivity contribution in [1.82, 2.24) is 4.90 Å². The quantitative estimate of drug-likeness (QED) is 0.816. The van der Waals surface area contributed by atoms with Gasteiger partial charge >= 0.3 is 0 Å². The van der Waals surface area contributed by atoms with Gasteiger partial charge in [-0.1, -0.05) is 18.6 Å². The maximum Gasteiger partial charge on any atom is 0.121 e. The molecule has 0 radical (unpaired) electrons. The third-order valence-electron chi connectivity index (χ3n) is 4.39. The number of rotatable bonds is 6. The molecule has 0 bridgehead atoms. The Morgan fingerprint density at radius 2 is 2.24 bits per heavy atom. The molecule has 118 valence electrons. The van der Waals surface area contributed by atoms with E-state index in [1.165, 1.54) is 19.3 Å². The number of alkyl halides is 1. The molecule has 0 amide bonds. The molecular weight excluding hydrogens is 286 g/mol. The molecule has 21 heavy (non-hydrogen) atoms. The first-order valence-corrected chi connectivity index (χ1v) is 8.23. The zero-order valence-corrected chi connectivity index (χ0v) is 13.8. The van der Waals surface area contributed by atoms with Crippen molar-refractivity contribution in [2.24, 2.45) is 0 Å². The zero-order valence-electron chi connectivity index (χ0n) is 13.0. The smallest absolute Gasteiger partial charge is 0.121 e. The first-order chi connectivity index (χ1) is 10.2. The van der Waals surface area contributed by atoms with E-state index >= 15 is 0 Å². The predicted molar refractivity (Wildman–Crippen MR) is 87.2 cm³/mol. The van der Waals surface area contributed by atoms with E-state index in [0.29, 0.717) is 6.04 Å². The summed E-state index contributed by atoms with van der Waals surface area (Å²) in [5.41, 5.74) is 2.26. The zero-order chi connectivity index (χ0) is 15.2. The van der Waals surface area contributed by atoms with Gasteiger partial charge in [0, 0.05) is 19.2 Å². The summed E-state index contributed by atoms with van der Waals surface area (Å²) in [7, 11) is 1.69. The summed E-state index contributed by atoms with van der Waals surface area (Å²) < 4.78 is 5.30. The van der Waals surface area contributed by atoms with E-state index in [0.717, 1.165) is 36.4 Å². The van der Waals surface area contributed by atoms with E-state index in [9.17, 15) is 5.11 Å². The van der Waals surface area contributed by atoms with Crippen molar-refractivity contribution in [3.63, 3.8) is 0 Å². The lowest BCUT2D eigenvalue weighted by Crippen LogP contribution is -2.41. The molecule has 0 spiro atoms.